The monoisotopic (exact) mass is 344 g/mol. The summed E-state index contributed by atoms with van der Waals surface area (Å²) in [7, 11) is 2.80. The number of hydroxylamine groups is 2. The molecule has 6 nitrogen and oxygen atoms in total. The highest BCUT2D eigenvalue weighted by Gasteiger charge is 2.28. The minimum Gasteiger partial charge on any atom is -0.444 e. The number of halogens is 2. The molecule has 0 aliphatic heterocycles. The van der Waals surface area contributed by atoms with Crippen LogP contribution in [0, 0.1) is 11.6 Å². The summed E-state index contributed by atoms with van der Waals surface area (Å²) in [5.74, 6) is -2.22. The summed E-state index contributed by atoms with van der Waals surface area (Å²) < 4.78 is 31.6. The Labute approximate surface area is 139 Å². The summed E-state index contributed by atoms with van der Waals surface area (Å²) >= 11 is 0. The second-order valence-electron chi connectivity index (χ2n) is 6.22. The molecule has 1 aromatic carbocycles. The van der Waals surface area contributed by atoms with Crippen LogP contribution in [0.4, 0.5) is 13.6 Å². The van der Waals surface area contributed by atoms with Gasteiger partial charge in [-0.15, -0.1) is 0 Å². The fourth-order valence-corrected chi connectivity index (χ4v) is 1.95. The van der Waals surface area contributed by atoms with Crippen LogP contribution in [-0.4, -0.2) is 42.9 Å². The lowest BCUT2D eigenvalue weighted by Gasteiger charge is -2.25. The lowest BCUT2D eigenvalue weighted by atomic mass is 10.0. The van der Waals surface area contributed by atoms with Gasteiger partial charge in [-0.2, -0.15) is 5.06 Å². The molecular formula is C16H22F2N2O4. The fourth-order valence-electron chi connectivity index (χ4n) is 1.95. The first kappa shape index (κ1) is 20.0. The molecule has 0 spiro atoms. The highest BCUT2D eigenvalue weighted by molar-refractivity contribution is 5.95. The average molecular weight is 344 g/mol. The summed E-state index contributed by atoms with van der Waals surface area (Å²) in [5, 5.41) is 3.28. The SMILES string of the molecule is CON(C)[C@@H](Cc1cc(F)cc(F)c1)C(=O)NC(=O)OC(C)(C)C. The van der Waals surface area contributed by atoms with Gasteiger partial charge in [-0.05, 0) is 44.9 Å². The third-order valence-electron chi connectivity index (χ3n) is 3.01. The topological polar surface area (TPSA) is 67.9 Å². The molecule has 0 heterocycles. The number of hydrogen-bond acceptors (Lipinski definition) is 5. The first-order chi connectivity index (χ1) is 11.0. The molecule has 0 bridgehead atoms. The van der Waals surface area contributed by atoms with E-state index in [0.29, 0.717) is 0 Å². The predicted octanol–water partition coefficient (Wildman–Crippen LogP) is 2.42. The molecule has 0 radical (unpaired) electrons. The van der Waals surface area contributed by atoms with Crippen molar-refractivity contribution in [2.45, 2.75) is 38.8 Å². The number of amides is 2. The predicted molar refractivity (Wildman–Crippen MR) is 83.0 cm³/mol. The van der Waals surface area contributed by atoms with Gasteiger partial charge in [0.1, 0.15) is 23.3 Å². The van der Waals surface area contributed by atoms with Gasteiger partial charge in [-0.3, -0.25) is 10.1 Å². The maximum atomic E-state index is 13.3. The summed E-state index contributed by atoms with van der Waals surface area (Å²) in [6.45, 7) is 4.97. The molecule has 0 aliphatic carbocycles. The molecule has 1 rings (SSSR count). The Kier molecular flexibility index (Phi) is 6.80. The first-order valence-corrected chi connectivity index (χ1v) is 7.27. The van der Waals surface area contributed by atoms with Crippen molar-refractivity contribution in [3.05, 3.63) is 35.4 Å². The van der Waals surface area contributed by atoms with Gasteiger partial charge in [-0.1, -0.05) is 0 Å². The second kappa shape index (κ2) is 8.16. The zero-order chi connectivity index (χ0) is 18.5. The number of imide groups is 1. The van der Waals surface area contributed by atoms with Crippen LogP contribution in [0.2, 0.25) is 0 Å². The number of hydrogen-bond donors (Lipinski definition) is 1. The van der Waals surface area contributed by atoms with E-state index in [9.17, 15) is 18.4 Å². The largest absolute Gasteiger partial charge is 0.444 e. The van der Waals surface area contributed by atoms with E-state index < -0.39 is 35.3 Å². The second-order valence-corrected chi connectivity index (χ2v) is 6.22. The number of ether oxygens (including phenoxy) is 1. The fraction of sp³-hybridized carbons (Fsp3) is 0.500. The molecule has 8 heteroatoms. The number of nitrogens with one attached hydrogen (secondary N) is 1. The number of alkyl carbamates (subject to hydrolysis) is 1. The Bertz CT molecular complexity index is 582. The number of likely N-dealkylation sites (N-methyl/N-ethyl adjacent to an activating group) is 1. The minimum atomic E-state index is -0.983. The molecule has 0 fully saturated rings. The van der Waals surface area contributed by atoms with Gasteiger partial charge < -0.3 is 9.57 Å². The van der Waals surface area contributed by atoms with Crippen LogP contribution >= 0.6 is 0 Å². The molecular weight excluding hydrogens is 322 g/mol. The Hall–Kier alpha value is -2.06. The summed E-state index contributed by atoms with van der Waals surface area (Å²) in [6.07, 6.45) is -0.972. The number of carbonyl (C=O) groups is 2. The quantitative estimate of drug-likeness (QED) is 0.831. The molecule has 0 unspecified atom stereocenters. The molecule has 1 aromatic rings. The van der Waals surface area contributed by atoms with E-state index in [-0.39, 0.29) is 12.0 Å². The lowest BCUT2D eigenvalue weighted by molar-refractivity contribution is -0.160. The normalized spacial score (nSPS) is 12.8. The molecule has 0 saturated carbocycles. The van der Waals surface area contributed by atoms with Crippen molar-refractivity contribution >= 4 is 12.0 Å². The smallest absolute Gasteiger partial charge is 0.414 e. The van der Waals surface area contributed by atoms with Gasteiger partial charge in [0, 0.05) is 13.1 Å². The van der Waals surface area contributed by atoms with Gasteiger partial charge in [0.05, 0.1) is 7.11 Å². The van der Waals surface area contributed by atoms with E-state index in [4.69, 9.17) is 9.57 Å². The van der Waals surface area contributed by atoms with Crippen molar-refractivity contribution in [3.63, 3.8) is 0 Å². The van der Waals surface area contributed by atoms with Gasteiger partial charge >= 0.3 is 6.09 Å². The Balaban J connectivity index is 2.88. The molecule has 24 heavy (non-hydrogen) atoms. The van der Waals surface area contributed by atoms with Gasteiger partial charge in [0.2, 0.25) is 5.91 Å². The summed E-state index contributed by atoms with van der Waals surface area (Å²) in [4.78, 5) is 29.0. The van der Waals surface area contributed by atoms with Crippen molar-refractivity contribution < 1.29 is 27.9 Å². The van der Waals surface area contributed by atoms with Crippen LogP contribution < -0.4 is 5.32 Å². The van der Waals surface area contributed by atoms with Gasteiger partial charge in [-0.25, -0.2) is 13.6 Å². The van der Waals surface area contributed by atoms with E-state index in [2.05, 4.69) is 5.32 Å². The molecule has 1 atom stereocenters. The maximum absolute atomic E-state index is 13.3. The third kappa shape index (κ3) is 6.59. The molecule has 2 amide bonds. The standard InChI is InChI=1S/C16H22F2N2O4/c1-16(2,3)24-15(22)19-14(21)13(20(4)23-5)8-10-6-11(17)9-12(18)7-10/h6-7,9,13H,8H2,1-5H3,(H,19,21,22)/t13-/m0/s1. The van der Waals surface area contributed by atoms with Crippen LogP contribution in [0.5, 0.6) is 0 Å². The Morgan fingerprint density at radius 2 is 1.75 bits per heavy atom. The minimum absolute atomic E-state index is 0.0619. The zero-order valence-electron chi connectivity index (χ0n) is 14.4. The van der Waals surface area contributed by atoms with Crippen LogP contribution in [0.3, 0.4) is 0 Å². The average Bonchev–Trinajstić information content (AvgIpc) is 2.40. The van der Waals surface area contributed by atoms with Gasteiger partial charge in [0.15, 0.2) is 0 Å². The van der Waals surface area contributed by atoms with Gasteiger partial charge in [0.25, 0.3) is 0 Å². The van der Waals surface area contributed by atoms with Crippen LogP contribution in [0.15, 0.2) is 18.2 Å². The Morgan fingerprint density at radius 3 is 2.21 bits per heavy atom. The highest BCUT2D eigenvalue weighted by atomic mass is 19.1. The molecule has 134 valence electrons. The van der Waals surface area contributed by atoms with Crippen molar-refractivity contribution in [1.82, 2.24) is 10.4 Å². The van der Waals surface area contributed by atoms with Crippen molar-refractivity contribution in [2.24, 2.45) is 0 Å². The first-order valence-electron chi connectivity index (χ1n) is 7.27. The van der Waals surface area contributed by atoms with E-state index in [1.165, 1.54) is 19.2 Å². The van der Waals surface area contributed by atoms with E-state index >= 15 is 0 Å². The Morgan fingerprint density at radius 1 is 1.21 bits per heavy atom. The summed E-state index contributed by atoms with van der Waals surface area (Å²) in [6, 6.07) is 1.98. The van der Waals surface area contributed by atoms with Crippen LogP contribution in [-0.2, 0) is 20.8 Å². The van der Waals surface area contributed by atoms with E-state index in [0.717, 1.165) is 18.2 Å². The number of benzene rings is 1. The van der Waals surface area contributed by atoms with Crippen LogP contribution in [0.1, 0.15) is 26.3 Å². The van der Waals surface area contributed by atoms with Crippen molar-refractivity contribution in [2.75, 3.05) is 14.2 Å². The molecule has 1 N–H and O–H groups in total. The number of rotatable bonds is 5. The lowest BCUT2D eigenvalue weighted by Crippen LogP contribution is -2.49. The van der Waals surface area contributed by atoms with Crippen molar-refractivity contribution in [3.8, 4) is 0 Å². The third-order valence-corrected chi connectivity index (χ3v) is 3.01. The summed E-state index contributed by atoms with van der Waals surface area (Å²) in [5.41, 5.74) is -0.514. The van der Waals surface area contributed by atoms with Crippen LogP contribution in [0.25, 0.3) is 0 Å². The molecule has 0 aromatic heterocycles. The zero-order valence-corrected chi connectivity index (χ0v) is 14.4. The number of carbonyl (C=O) groups excluding carboxylic acids is 2. The molecule has 0 saturated heterocycles. The van der Waals surface area contributed by atoms with E-state index in [1.54, 1.807) is 20.8 Å². The molecule has 0 aliphatic rings. The van der Waals surface area contributed by atoms with E-state index in [1.807, 2.05) is 0 Å². The van der Waals surface area contributed by atoms with Crippen molar-refractivity contribution in [1.29, 1.82) is 0 Å². The highest BCUT2D eigenvalue weighted by Crippen LogP contribution is 2.13. The number of nitrogens with zero attached hydrogens (tertiary/aromatic N) is 1. The maximum Gasteiger partial charge on any atom is 0.414 e.